The van der Waals surface area contributed by atoms with E-state index in [1.165, 1.54) is 0 Å². The third-order valence-electron chi connectivity index (χ3n) is 2.85. The molecule has 0 spiro atoms. The first-order chi connectivity index (χ1) is 8.08. The SMILES string of the molecule is C[C@H]1CN(c2ccc([N+](=O)[O-])cc2Br)CCN1. The summed E-state index contributed by atoms with van der Waals surface area (Å²) in [6.07, 6.45) is 0. The van der Waals surface area contributed by atoms with Crippen molar-refractivity contribution in [3.8, 4) is 0 Å². The predicted octanol–water partition coefficient (Wildman–Crippen LogP) is 2.16. The summed E-state index contributed by atoms with van der Waals surface area (Å²) in [6.45, 7) is 4.90. The van der Waals surface area contributed by atoms with Crippen molar-refractivity contribution in [2.75, 3.05) is 24.5 Å². The van der Waals surface area contributed by atoms with Crippen molar-refractivity contribution < 1.29 is 4.92 Å². The van der Waals surface area contributed by atoms with Crippen LogP contribution in [-0.4, -0.2) is 30.6 Å². The van der Waals surface area contributed by atoms with Crippen LogP contribution in [0.1, 0.15) is 6.92 Å². The van der Waals surface area contributed by atoms with Crippen molar-refractivity contribution in [3.63, 3.8) is 0 Å². The quantitative estimate of drug-likeness (QED) is 0.671. The van der Waals surface area contributed by atoms with Gasteiger partial charge in [0.05, 0.1) is 10.6 Å². The second-order valence-corrected chi connectivity index (χ2v) is 5.05. The Labute approximate surface area is 108 Å². The number of piperazine rings is 1. The van der Waals surface area contributed by atoms with Gasteiger partial charge in [0.15, 0.2) is 0 Å². The molecule has 1 fully saturated rings. The molecule has 0 unspecified atom stereocenters. The predicted molar refractivity (Wildman–Crippen MR) is 70.5 cm³/mol. The highest BCUT2D eigenvalue weighted by Gasteiger charge is 2.19. The van der Waals surface area contributed by atoms with Crippen LogP contribution in [0.4, 0.5) is 11.4 Å². The van der Waals surface area contributed by atoms with Gasteiger partial charge in [0, 0.05) is 42.3 Å². The molecule has 1 saturated heterocycles. The lowest BCUT2D eigenvalue weighted by atomic mass is 10.2. The molecule has 0 bridgehead atoms. The summed E-state index contributed by atoms with van der Waals surface area (Å²) in [4.78, 5) is 12.5. The zero-order valence-corrected chi connectivity index (χ0v) is 11.1. The van der Waals surface area contributed by atoms with Gasteiger partial charge in [0.1, 0.15) is 0 Å². The lowest BCUT2D eigenvalue weighted by Gasteiger charge is -2.34. The second kappa shape index (κ2) is 5.01. The monoisotopic (exact) mass is 299 g/mol. The van der Waals surface area contributed by atoms with Crippen LogP contribution < -0.4 is 10.2 Å². The fourth-order valence-electron chi connectivity index (χ4n) is 2.02. The third kappa shape index (κ3) is 2.76. The summed E-state index contributed by atoms with van der Waals surface area (Å²) in [7, 11) is 0. The Balaban J connectivity index is 2.23. The highest BCUT2D eigenvalue weighted by molar-refractivity contribution is 9.10. The molecule has 0 saturated carbocycles. The first-order valence-corrected chi connectivity index (χ1v) is 6.29. The Morgan fingerprint density at radius 3 is 2.94 bits per heavy atom. The number of nitrogens with zero attached hydrogens (tertiary/aromatic N) is 2. The van der Waals surface area contributed by atoms with Gasteiger partial charge in [-0.3, -0.25) is 10.1 Å². The van der Waals surface area contributed by atoms with E-state index in [1.54, 1.807) is 18.2 Å². The number of nitro benzene ring substituents is 1. The van der Waals surface area contributed by atoms with Crippen LogP contribution in [0, 0.1) is 10.1 Å². The van der Waals surface area contributed by atoms with E-state index < -0.39 is 0 Å². The third-order valence-corrected chi connectivity index (χ3v) is 3.49. The standard InChI is InChI=1S/C11H14BrN3O2/c1-8-7-14(5-4-13-8)11-3-2-9(15(16)17)6-10(11)12/h2-3,6,8,13H,4-5,7H2,1H3/t8-/m0/s1. The number of hydrogen-bond donors (Lipinski definition) is 1. The molecule has 2 rings (SSSR count). The molecule has 1 aromatic carbocycles. The fourth-order valence-corrected chi connectivity index (χ4v) is 2.63. The normalized spacial score (nSPS) is 20.4. The van der Waals surface area contributed by atoms with Gasteiger partial charge in [-0.25, -0.2) is 0 Å². The molecular weight excluding hydrogens is 286 g/mol. The van der Waals surface area contributed by atoms with Crippen molar-refractivity contribution >= 4 is 27.3 Å². The van der Waals surface area contributed by atoms with E-state index >= 15 is 0 Å². The molecule has 0 radical (unpaired) electrons. The first kappa shape index (κ1) is 12.3. The average Bonchev–Trinajstić information content (AvgIpc) is 2.28. The van der Waals surface area contributed by atoms with E-state index in [9.17, 15) is 10.1 Å². The number of benzene rings is 1. The van der Waals surface area contributed by atoms with Gasteiger partial charge in [0.25, 0.3) is 5.69 Å². The Bertz CT molecular complexity index is 439. The van der Waals surface area contributed by atoms with Crippen molar-refractivity contribution in [2.24, 2.45) is 0 Å². The maximum absolute atomic E-state index is 10.7. The molecule has 0 amide bonds. The number of rotatable bonds is 2. The molecule has 1 atom stereocenters. The van der Waals surface area contributed by atoms with Crippen molar-refractivity contribution in [2.45, 2.75) is 13.0 Å². The lowest BCUT2D eigenvalue weighted by Crippen LogP contribution is -2.49. The average molecular weight is 300 g/mol. The molecule has 92 valence electrons. The largest absolute Gasteiger partial charge is 0.368 e. The van der Waals surface area contributed by atoms with Gasteiger partial charge in [-0.1, -0.05) is 0 Å². The van der Waals surface area contributed by atoms with E-state index in [2.05, 4.69) is 33.1 Å². The van der Waals surface area contributed by atoms with Gasteiger partial charge in [-0.05, 0) is 28.9 Å². The van der Waals surface area contributed by atoms with E-state index in [-0.39, 0.29) is 10.6 Å². The van der Waals surface area contributed by atoms with Crippen LogP contribution in [0.25, 0.3) is 0 Å². The maximum atomic E-state index is 10.7. The number of halogens is 1. The lowest BCUT2D eigenvalue weighted by molar-refractivity contribution is -0.384. The molecule has 5 nitrogen and oxygen atoms in total. The number of nitrogens with one attached hydrogen (secondary N) is 1. The Kier molecular flexibility index (Phi) is 3.63. The van der Waals surface area contributed by atoms with E-state index in [4.69, 9.17) is 0 Å². The van der Waals surface area contributed by atoms with Gasteiger partial charge < -0.3 is 10.2 Å². The molecule has 1 aliphatic heterocycles. The minimum absolute atomic E-state index is 0.115. The molecule has 1 aliphatic rings. The number of non-ortho nitro benzene ring substituents is 1. The molecular formula is C11H14BrN3O2. The number of hydrogen-bond acceptors (Lipinski definition) is 4. The summed E-state index contributed by atoms with van der Waals surface area (Å²) in [5.41, 5.74) is 1.13. The minimum Gasteiger partial charge on any atom is -0.368 e. The first-order valence-electron chi connectivity index (χ1n) is 5.50. The summed E-state index contributed by atoms with van der Waals surface area (Å²) < 4.78 is 0.779. The zero-order valence-electron chi connectivity index (χ0n) is 9.52. The van der Waals surface area contributed by atoms with Crippen molar-refractivity contribution in [3.05, 3.63) is 32.8 Å². The smallest absolute Gasteiger partial charge is 0.270 e. The molecule has 0 aromatic heterocycles. The van der Waals surface area contributed by atoms with Crippen LogP contribution >= 0.6 is 15.9 Å². The second-order valence-electron chi connectivity index (χ2n) is 4.19. The van der Waals surface area contributed by atoms with Crippen LogP contribution in [0.3, 0.4) is 0 Å². The van der Waals surface area contributed by atoms with Crippen molar-refractivity contribution in [1.82, 2.24) is 5.32 Å². The molecule has 1 N–H and O–H groups in total. The van der Waals surface area contributed by atoms with Gasteiger partial charge in [0.2, 0.25) is 0 Å². The number of nitro groups is 1. The minimum atomic E-state index is -0.380. The van der Waals surface area contributed by atoms with Crippen molar-refractivity contribution in [1.29, 1.82) is 0 Å². The summed E-state index contributed by atoms with van der Waals surface area (Å²) in [5, 5.41) is 14.0. The van der Waals surface area contributed by atoms with Crippen LogP contribution in [-0.2, 0) is 0 Å². The molecule has 17 heavy (non-hydrogen) atoms. The van der Waals surface area contributed by atoms with E-state index in [0.29, 0.717) is 6.04 Å². The Morgan fingerprint density at radius 1 is 1.59 bits per heavy atom. The van der Waals surface area contributed by atoms with E-state index in [0.717, 1.165) is 29.8 Å². The zero-order chi connectivity index (χ0) is 12.4. The van der Waals surface area contributed by atoms with Gasteiger partial charge in [-0.2, -0.15) is 0 Å². The Hall–Kier alpha value is -1.14. The molecule has 1 aromatic rings. The maximum Gasteiger partial charge on any atom is 0.270 e. The highest BCUT2D eigenvalue weighted by Crippen LogP contribution is 2.30. The van der Waals surface area contributed by atoms with Crippen LogP contribution in [0.15, 0.2) is 22.7 Å². The van der Waals surface area contributed by atoms with Gasteiger partial charge >= 0.3 is 0 Å². The Morgan fingerprint density at radius 2 is 2.35 bits per heavy atom. The topological polar surface area (TPSA) is 58.4 Å². The van der Waals surface area contributed by atoms with E-state index in [1.807, 2.05) is 0 Å². The fraction of sp³-hybridized carbons (Fsp3) is 0.455. The van der Waals surface area contributed by atoms with Gasteiger partial charge in [-0.15, -0.1) is 0 Å². The molecule has 0 aliphatic carbocycles. The summed E-state index contributed by atoms with van der Waals surface area (Å²) >= 11 is 3.40. The summed E-state index contributed by atoms with van der Waals surface area (Å²) in [5.74, 6) is 0. The van der Waals surface area contributed by atoms with Crippen LogP contribution in [0.2, 0.25) is 0 Å². The highest BCUT2D eigenvalue weighted by atomic mass is 79.9. The number of anilines is 1. The molecule has 1 heterocycles. The summed E-state index contributed by atoms with van der Waals surface area (Å²) in [6, 6.07) is 5.35. The van der Waals surface area contributed by atoms with Crippen LogP contribution in [0.5, 0.6) is 0 Å². The molecule has 6 heteroatoms.